The Morgan fingerprint density at radius 2 is 0.669 bits per heavy atom. The maximum Gasteiger partial charge on any atom is 0.340 e. The van der Waals surface area contributed by atoms with E-state index in [0.717, 1.165) is 88.5 Å². The van der Waals surface area contributed by atoms with Crippen LogP contribution in [0.15, 0.2) is 180 Å². The van der Waals surface area contributed by atoms with Crippen LogP contribution in [0.3, 0.4) is 0 Å². The molecule has 12 saturated carbocycles. The summed E-state index contributed by atoms with van der Waals surface area (Å²) < 4.78 is 47.4. The third kappa shape index (κ3) is 13.9. The molecule has 19 aliphatic carbocycles. The van der Waals surface area contributed by atoms with Gasteiger partial charge in [0.25, 0.3) is 0 Å². The van der Waals surface area contributed by atoms with Gasteiger partial charge in [0.1, 0.15) is 46.0 Å². The molecule has 624 valence electrons. The predicted molar refractivity (Wildman–Crippen MR) is 442 cm³/mol. The van der Waals surface area contributed by atoms with Crippen LogP contribution < -0.4 is 0 Å². The summed E-state index contributed by atoms with van der Waals surface area (Å²) >= 11 is 0. The molecule has 20 heteroatoms. The molecule has 19 aliphatic rings. The van der Waals surface area contributed by atoms with E-state index in [9.17, 15) is 60.0 Å². The van der Waals surface area contributed by atoms with E-state index in [1.807, 2.05) is 0 Å². The highest BCUT2D eigenvalue weighted by Crippen LogP contribution is 2.67. The lowest BCUT2D eigenvalue weighted by Gasteiger charge is -2.60. The zero-order valence-electron chi connectivity index (χ0n) is 67.5. The van der Waals surface area contributed by atoms with Gasteiger partial charge in [0.05, 0.1) is 48.7 Å². The molecule has 0 radical (unpaired) electrons. The lowest BCUT2D eigenvalue weighted by molar-refractivity contribution is -0.123. The highest BCUT2D eigenvalue weighted by Gasteiger charge is 2.57. The smallest absolute Gasteiger partial charge is 0.340 e. The average Bonchev–Trinajstić information content (AvgIpc) is 0.711. The summed E-state index contributed by atoms with van der Waals surface area (Å²) in [6.07, 6.45) is 25.3. The monoisotopic (exact) mass is 1630 g/mol. The molecule has 20 nitrogen and oxygen atoms in total. The number of phenols is 8. The standard InChI is InChI=1S/C101H100O20/c102-82-34-84(104)75-30-73(82)91(58-2-10-62(11-3-58)95(110)118-49-114-45-71-27-54-25-66-28-67(26-54)90(66)71)74-31-79(88(108)35-83(74)103)94(61-8-16-65(17-9-61)98(113)121-52-117-48-101-41-53-1-18-81(101)70(24-53)44-101)80-33-78(87(107)37-89(80)109)93(60-6-14-64(15-7-60)97(112)120-51-116-47-100-38-55-21-56(39-100)23-57(22-55)40-100)77-32-76(85(105)36-86(77)106)92(75)59-4-12-63(13-5-59)96(111)119-50-115-46-99-20-19-72-68(42-99)29-69(72)43-99/h2-19,30-37,53-57,66-70,91-94,102-109H,1,20-29,38-52H2. The number of carbonyl (C=O) groups excluding carboxylic acids is 4. The second kappa shape index (κ2) is 30.3. The number of esters is 4. The molecule has 8 aromatic carbocycles. The first-order valence-electron chi connectivity index (χ1n) is 43.4. The largest absolute Gasteiger partial charge is 0.507 e. The second-order valence-corrected chi connectivity index (χ2v) is 38.2. The summed E-state index contributed by atoms with van der Waals surface area (Å²) in [5.74, 6) is -5.29. The van der Waals surface area contributed by atoms with E-state index in [1.54, 1.807) is 78.4 Å². The van der Waals surface area contributed by atoms with Crippen molar-refractivity contribution in [3.63, 3.8) is 0 Å². The number of hydrogen-bond acceptors (Lipinski definition) is 20. The van der Waals surface area contributed by atoms with Gasteiger partial charge in [-0.05, 0) is 286 Å². The van der Waals surface area contributed by atoms with E-state index in [4.69, 9.17) is 37.9 Å². The predicted octanol–water partition coefficient (Wildman–Crippen LogP) is 18.3. The van der Waals surface area contributed by atoms with Gasteiger partial charge in [-0.1, -0.05) is 77.4 Å². The van der Waals surface area contributed by atoms with Crippen LogP contribution in [0, 0.1) is 75.4 Å². The van der Waals surface area contributed by atoms with Crippen LogP contribution in [0.1, 0.15) is 247 Å². The van der Waals surface area contributed by atoms with Crippen LogP contribution in [0.25, 0.3) is 0 Å². The fourth-order valence-electron chi connectivity index (χ4n) is 26.1. The Kier molecular flexibility index (Phi) is 19.4. The Bertz CT molecular complexity index is 5540. The molecule has 0 heterocycles. The molecular weight excluding hydrogens is 1530 g/mol. The van der Waals surface area contributed by atoms with E-state index >= 15 is 0 Å². The van der Waals surface area contributed by atoms with E-state index in [0.29, 0.717) is 108 Å². The summed E-state index contributed by atoms with van der Waals surface area (Å²) in [6, 6.07) is 36.0. The third-order valence-corrected chi connectivity index (χ3v) is 30.8. The number of ether oxygens (including phenoxy) is 8. The first-order valence-corrected chi connectivity index (χ1v) is 43.4. The molecule has 11 unspecified atom stereocenters. The summed E-state index contributed by atoms with van der Waals surface area (Å²) in [5, 5.41) is 102. The van der Waals surface area contributed by atoms with Crippen LogP contribution in [-0.4, -0.2) is 118 Å². The first-order chi connectivity index (χ1) is 58.6. The number of carbonyl (C=O) groups is 4. The number of rotatable bonds is 24. The van der Waals surface area contributed by atoms with E-state index in [1.165, 1.54) is 117 Å². The third-order valence-electron chi connectivity index (χ3n) is 30.8. The summed E-state index contributed by atoms with van der Waals surface area (Å²) in [6.45, 7) is 0.661. The van der Waals surface area contributed by atoms with Gasteiger partial charge in [0.2, 0.25) is 0 Å². The number of allylic oxidation sites excluding steroid dienone is 4. The van der Waals surface area contributed by atoms with E-state index in [2.05, 4.69) is 12.2 Å². The van der Waals surface area contributed by atoms with Gasteiger partial charge < -0.3 is 78.7 Å². The minimum atomic E-state index is -1.30. The number of phenolic OH excluding ortho intramolecular Hbond substituents is 8. The van der Waals surface area contributed by atoms with Crippen LogP contribution in [0.5, 0.6) is 46.0 Å². The molecule has 8 N–H and O–H groups in total. The van der Waals surface area contributed by atoms with Gasteiger partial charge in [-0.3, -0.25) is 0 Å². The summed E-state index contributed by atoms with van der Waals surface area (Å²) in [4.78, 5) is 56.3. The fraction of sp³-hybridized carbons (Fsp3) is 0.426. The van der Waals surface area contributed by atoms with Crippen molar-refractivity contribution in [1.29, 1.82) is 0 Å². The van der Waals surface area contributed by atoms with Crippen molar-refractivity contribution < 1.29 is 97.9 Å². The number of fused-ring (bicyclic) bond motifs is 11. The van der Waals surface area contributed by atoms with Gasteiger partial charge >= 0.3 is 23.9 Å². The minimum Gasteiger partial charge on any atom is -0.507 e. The average molecular weight is 1630 g/mol. The van der Waals surface area contributed by atoms with Crippen molar-refractivity contribution in [2.75, 3.05) is 53.6 Å². The number of benzene rings is 8. The Balaban J connectivity index is 0.664. The van der Waals surface area contributed by atoms with Gasteiger partial charge in [-0.25, -0.2) is 19.2 Å². The van der Waals surface area contributed by atoms with Crippen molar-refractivity contribution >= 4 is 23.9 Å². The van der Waals surface area contributed by atoms with Gasteiger partial charge in [-0.2, -0.15) is 0 Å². The van der Waals surface area contributed by atoms with Crippen LogP contribution >= 0.6 is 0 Å². The van der Waals surface area contributed by atoms with E-state index in [-0.39, 0.29) is 110 Å². The summed E-state index contributed by atoms with van der Waals surface area (Å²) in [5.41, 5.74) is 8.31. The molecule has 11 atom stereocenters. The highest BCUT2D eigenvalue weighted by molar-refractivity contribution is 5.91. The Morgan fingerprint density at radius 1 is 0.322 bits per heavy atom. The van der Waals surface area contributed by atoms with Crippen molar-refractivity contribution in [2.45, 2.75) is 139 Å². The maximum absolute atomic E-state index is 14.1. The molecule has 0 amide bonds. The number of aromatic hydroxyl groups is 8. The van der Waals surface area contributed by atoms with Crippen molar-refractivity contribution in [3.8, 4) is 46.0 Å². The quantitative estimate of drug-likeness (QED) is 0.00916. The Labute approximate surface area is 701 Å². The maximum atomic E-state index is 14.1. The highest BCUT2D eigenvalue weighted by atomic mass is 16.7. The van der Waals surface area contributed by atoms with Gasteiger partial charge in [-0.15, -0.1) is 0 Å². The van der Waals surface area contributed by atoms with Crippen LogP contribution in [0.2, 0.25) is 0 Å². The molecule has 27 rings (SSSR count). The zero-order valence-corrected chi connectivity index (χ0v) is 67.5. The van der Waals surface area contributed by atoms with Crippen molar-refractivity contribution in [2.24, 2.45) is 75.4 Å². The molecule has 24 bridgehead atoms. The SMILES string of the molecule is O=C(OCOCC1=C2C3CC(C1)CC2C3)c1ccc(C2c3cc(c(O)cc3O)C(c3ccc(C(=O)OCOCC45CC=C6C(CC6C4)C5)cc3)c3cc(c(O)cc3O)C(c3ccc(C(=O)OCOCC45CC6CC(CC(C6)C4)C5)cc3)c3cc(c(O)cc3O)C(c3ccc(C(=O)OCOCC45CC6CC=C4C(C6)C5)cc3)c3cc2c(O)cc3O)cc1. The fourth-order valence-corrected chi connectivity index (χ4v) is 26.1. The van der Waals surface area contributed by atoms with Crippen LogP contribution in [0.4, 0.5) is 0 Å². The lowest BCUT2D eigenvalue weighted by atomic mass is 9.45. The first kappa shape index (κ1) is 77.4. The minimum absolute atomic E-state index is 0.0135. The Morgan fingerprint density at radius 3 is 1.02 bits per heavy atom. The van der Waals surface area contributed by atoms with Gasteiger partial charge in [0.15, 0.2) is 27.2 Å². The molecule has 12 fully saturated rings. The molecule has 8 aromatic rings. The lowest BCUT2D eigenvalue weighted by Crippen LogP contribution is -2.52. The molecule has 121 heavy (non-hydrogen) atoms. The summed E-state index contributed by atoms with van der Waals surface area (Å²) in [7, 11) is 0. The molecular formula is C101H100O20. The topological polar surface area (TPSA) is 304 Å². The molecule has 0 aromatic heterocycles. The Hall–Kier alpha value is -10.9. The zero-order chi connectivity index (χ0) is 82.5. The second-order valence-electron chi connectivity index (χ2n) is 38.2. The van der Waals surface area contributed by atoms with E-state index < -0.39 is 93.5 Å². The molecule has 0 saturated heterocycles. The van der Waals surface area contributed by atoms with Crippen molar-refractivity contribution in [1.82, 2.24) is 0 Å². The van der Waals surface area contributed by atoms with Crippen LogP contribution in [-0.2, 0) is 37.9 Å². The van der Waals surface area contributed by atoms with Gasteiger partial charge in [0, 0.05) is 97.9 Å². The van der Waals surface area contributed by atoms with Crippen molar-refractivity contribution in [3.05, 3.63) is 269 Å². The molecule has 0 aliphatic heterocycles. The molecule has 0 spiro atoms. The number of hydrogen-bond donors (Lipinski definition) is 8. The normalized spacial score (nSPS) is 29.7.